The number of nitrogens with zero attached hydrogens (tertiary/aromatic N) is 3. The molecule has 35 heavy (non-hydrogen) atoms. The van der Waals surface area contributed by atoms with Crippen molar-refractivity contribution in [3.63, 3.8) is 0 Å². The van der Waals surface area contributed by atoms with E-state index in [0.29, 0.717) is 29.5 Å². The van der Waals surface area contributed by atoms with E-state index in [-0.39, 0.29) is 17.8 Å². The van der Waals surface area contributed by atoms with Crippen LogP contribution in [0.15, 0.2) is 30.5 Å². The van der Waals surface area contributed by atoms with Crippen LogP contribution in [0.3, 0.4) is 0 Å². The molecule has 1 amide bonds. The Balaban J connectivity index is 1.56. The SMILES string of the molecule is CCN1CCCC1CNC(=O)c1ncc(-c2ccc(C(F)(F)F)cc2)c(NC2CCCCCC2)n1. The van der Waals surface area contributed by atoms with Gasteiger partial charge in [0.1, 0.15) is 5.82 Å². The number of likely N-dealkylation sites (tertiary alicyclic amines) is 1. The number of halogens is 3. The summed E-state index contributed by atoms with van der Waals surface area (Å²) >= 11 is 0. The zero-order valence-electron chi connectivity index (χ0n) is 20.2. The predicted molar refractivity (Wildman–Crippen MR) is 130 cm³/mol. The molecule has 2 fully saturated rings. The third-order valence-corrected chi connectivity index (χ3v) is 7.11. The molecule has 4 rings (SSSR count). The number of hydrogen-bond acceptors (Lipinski definition) is 5. The molecule has 1 saturated carbocycles. The maximum atomic E-state index is 13.0. The molecule has 2 heterocycles. The second kappa shape index (κ2) is 11.4. The van der Waals surface area contributed by atoms with Gasteiger partial charge < -0.3 is 10.6 Å². The van der Waals surface area contributed by atoms with Crippen LogP contribution < -0.4 is 10.6 Å². The Hall–Kier alpha value is -2.68. The fraction of sp³-hybridized carbons (Fsp3) is 0.577. The van der Waals surface area contributed by atoms with Crippen molar-refractivity contribution in [2.24, 2.45) is 0 Å². The van der Waals surface area contributed by atoms with Gasteiger partial charge in [-0.05, 0) is 56.5 Å². The molecule has 6 nitrogen and oxygen atoms in total. The zero-order chi connectivity index (χ0) is 24.8. The zero-order valence-corrected chi connectivity index (χ0v) is 20.2. The lowest BCUT2D eigenvalue weighted by atomic mass is 10.0. The van der Waals surface area contributed by atoms with E-state index < -0.39 is 11.7 Å². The van der Waals surface area contributed by atoms with E-state index in [0.717, 1.165) is 63.7 Å². The van der Waals surface area contributed by atoms with E-state index in [1.165, 1.54) is 31.2 Å². The lowest BCUT2D eigenvalue weighted by Gasteiger charge is -2.23. The van der Waals surface area contributed by atoms with Gasteiger partial charge in [-0.2, -0.15) is 13.2 Å². The Bertz CT molecular complexity index is 987. The molecule has 1 saturated heterocycles. The second-order valence-corrected chi connectivity index (χ2v) is 9.50. The summed E-state index contributed by atoms with van der Waals surface area (Å²) < 4.78 is 39.1. The lowest BCUT2D eigenvalue weighted by Crippen LogP contribution is -2.40. The van der Waals surface area contributed by atoms with Crippen molar-refractivity contribution in [3.8, 4) is 11.1 Å². The van der Waals surface area contributed by atoms with Gasteiger partial charge >= 0.3 is 6.18 Å². The largest absolute Gasteiger partial charge is 0.416 e. The third-order valence-electron chi connectivity index (χ3n) is 7.11. The number of anilines is 1. The van der Waals surface area contributed by atoms with E-state index in [4.69, 9.17) is 0 Å². The van der Waals surface area contributed by atoms with Crippen molar-refractivity contribution in [1.82, 2.24) is 20.2 Å². The summed E-state index contributed by atoms with van der Waals surface area (Å²) in [7, 11) is 0. The molecule has 0 spiro atoms. The summed E-state index contributed by atoms with van der Waals surface area (Å²) in [6, 6.07) is 5.50. The number of carbonyl (C=O) groups excluding carboxylic acids is 1. The summed E-state index contributed by atoms with van der Waals surface area (Å²) in [5, 5.41) is 6.45. The topological polar surface area (TPSA) is 70.2 Å². The number of aromatic nitrogens is 2. The van der Waals surface area contributed by atoms with Crippen molar-refractivity contribution in [2.75, 3.05) is 25.0 Å². The standard InChI is InChI=1S/C26H34F3N5O/c1-2-34-15-7-10-21(34)16-31-25(35)24-30-17-22(18-11-13-19(14-12-18)26(27,28)29)23(33-24)32-20-8-5-3-4-6-9-20/h11-14,17,20-21H,2-10,15-16H2,1H3,(H,31,35)(H,30,32,33). The number of likely N-dealkylation sites (N-methyl/N-ethyl adjacent to an activating group) is 1. The average Bonchev–Trinajstić information content (AvgIpc) is 3.16. The normalized spacial score (nSPS) is 19.9. The highest BCUT2D eigenvalue weighted by Crippen LogP contribution is 2.33. The van der Waals surface area contributed by atoms with E-state index in [1.54, 1.807) is 0 Å². The number of alkyl halides is 3. The molecule has 2 aliphatic rings. The molecule has 0 radical (unpaired) electrons. The first-order valence-corrected chi connectivity index (χ1v) is 12.7. The first kappa shape index (κ1) is 25.4. The minimum absolute atomic E-state index is 0.0674. The van der Waals surface area contributed by atoms with Crippen LogP contribution in [-0.2, 0) is 6.18 Å². The summed E-state index contributed by atoms with van der Waals surface area (Å²) in [4.78, 5) is 24.1. The number of nitrogens with one attached hydrogen (secondary N) is 2. The van der Waals surface area contributed by atoms with E-state index in [9.17, 15) is 18.0 Å². The van der Waals surface area contributed by atoms with Gasteiger partial charge in [0.25, 0.3) is 5.91 Å². The number of rotatable bonds is 7. The van der Waals surface area contributed by atoms with Crippen LogP contribution in [0.2, 0.25) is 0 Å². The summed E-state index contributed by atoms with van der Waals surface area (Å²) in [6.45, 7) is 4.66. The molecule has 2 N–H and O–H groups in total. The molecular formula is C26H34F3N5O. The smallest absolute Gasteiger partial charge is 0.367 e. The van der Waals surface area contributed by atoms with E-state index in [1.807, 2.05) is 0 Å². The quantitative estimate of drug-likeness (QED) is 0.502. The summed E-state index contributed by atoms with van der Waals surface area (Å²) in [5.74, 6) is 0.224. The first-order valence-electron chi connectivity index (χ1n) is 12.7. The monoisotopic (exact) mass is 489 g/mol. The Morgan fingerprint density at radius 3 is 2.43 bits per heavy atom. The minimum Gasteiger partial charge on any atom is -0.367 e. The maximum Gasteiger partial charge on any atom is 0.416 e. The molecule has 2 aromatic rings. The molecule has 1 aliphatic carbocycles. The van der Waals surface area contributed by atoms with Crippen LogP contribution in [0.1, 0.15) is 74.5 Å². The molecule has 1 aliphatic heterocycles. The predicted octanol–water partition coefficient (Wildman–Crippen LogP) is 5.51. The molecule has 0 bridgehead atoms. The Morgan fingerprint density at radius 2 is 1.77 bits per heavy atom. The second-order valence-electron chi connectivity index (χ2n) is 9.50. The number of amides is 1. The van der Waals surface area contributed by atoms with Crippen LogP contribution in [-0.4, -0.2) is 52.5 Å². The van der Waals surface area contributed by atoms with Gasteiger partial charge in [0.2, 0.25) is 5.82 Å². The van der Waals surface area contributed by atoms with Crippen LogP contribution >= 0.6 is 0 Å². The van der Waals surface area contributed by atoms with Crippen molar-refractivity contribution >= 4 is 11.7 Å². The average molecular weight is 490 g/mol. The van der Waals surface area contributed by atoms with Gasteiger partial charge in [-0.15, -0.1) is 0 Å². The van der Waals surface area contributed by atoms with Crippen LogP contribution in [0.4, 0.5) is 19.0 Å². The van der Waals surface area contributed by atoms with Crippen LogP contribution in [0.5, 0.6) is 0 Å². The van der Waals surface area contributed by atoms with Crippen LogP contribution in [0.25, 0.3) is 11.1 Å². The van der Waals surface area contributed by atoms with Gasteiger partial charge in [-0.25, -0.2) is 9.97 Å². The molecule has 1 aromatic carbocycles. The van der Waals surface area contributed by atoms with Gasteiger partial charge in [0.15, 0.2) is 0 Å². The third kappa shape index (κ3) is 6.51. The number of hydrogen-bond donors (Lipinski definition) is 2. The molecule has 190 valence electrons. The molecule has 1 atom stereocenters. The van der Waals surface area contributed by atoms with E-state index >= 15 is 0 Å². The highest BCUT2D eigenvalue weighted by Gasteiger charge is 2.30. The minimum atomic E-state index is -4.40. The molecular weight excluding hydrogens is 455 g/mol. The van der Waals surface area contributed by atoms with Crippen molar-refractivity contribution in [3.05, 3.63) is 41.9 Å². The van der Waals surface area contributed by atoms with Crippen molar-refractivity contribution in [2.45, 2.75) is 76.6 Å². The van der Waals surface area contributed by atoms with Gasteiger partial charge in [-0.3, -0.25) is 9.69 Å². The van der Waals surface area contributed by atoms with Crippen molar-refractivity contribution in [1.29, 1.82) is 0 Å². The summed E-state index contributed by atoms with van der Waals surface area (Å²) in [6.07, 6.45) is 5.91. The van der Waals surface area contributed by atoms with Crippen LogP contribution in [0, 0.1) is 0 Å². The molecule has 9 heteroatoms. The molecule has 1 aromatic heterocycles. The fourth-order valence-electron chi connectivity index (χ4n) is 5.10. The Labute approximate surface area is 204 Å². The fourth-order valence-corrected chi connectivity index (χ4v) is 5.10. The Kier molecular flexibility index (Phi) is 8.26. The number of carbonyl (C=O) groups is 1. The highest BCUT2D eigenvalue weighted by atomic mass is 19.4. The van der Waals surface area contributed by atoms with Crippen molar-refractivity contribution < 1.29 is 18.0 Å². The Morgan fingerprint density at radius 1 is 1.06 bits per heavy atom. The highest BCUT2D eigenvalue weighted by molar-refractivity contribution is 5.91. The van der Waals surface area contributed by atoms with Gasteiger partial charge in [0.05, 0.1) is 5.56 Å². The first-order chi connectivity index (χ1) is 16.8. The molecule has 1 unspecified atom stereocenters. The summed E-state index contributed by atoms with van der Waals surface area (Å²) in [5.41, 5.74) is 0.461. The van der Waals surface area contributed by atoms with Gasteiger partial charge in [0, 0.05) is 30.4 Å². The van der Waals surface area contributed by atoms with Gasteiger partial charge in [-0.1, -0.05) is 44.7 Å². The lowest BCUT2D eigenvalue weighted by molar-refractivity contribution is -0.137. The maximum absolute atomic E-state index is 13.0. The number of benzene rings is 1. The van der Waals surface area contributed by atoms with E-state index in [2.05, 4.69) is 32.4 Å².